The minimum Gasteiger partial charge on any atom is -0.340 e. The topological polar surface area (TPSA) is 22.8 Å². The lowest BCUT2D eigenvalue weighted by Gasteiger charge is -2.08. The van der Waals surface area contributed by atoms with Gasteiger partial charge < -0.3 is 9.13 Å². The van der Waals surface area contributed by atoms with Gasteiger partial charge >= 0.3 is 0 Å². The summed E-state index contributed by atoms with van der Waals surface area (Å²) in [5.74, 6) is 0. The predicted molar refractivity (Wildman–Crippen MR) is 86.3 cm³/mol. The van der Waals surface area contributed by atoms with Crippen molar-refractivity contribution in [3.8, 4) is 0 Å². The zero-order valence-corrected chi connectivity index (χ0v) is 11.8. The number of hydrogen-bond donors (Lipinski definition) is 0. The molecule has 0 unspecified atom stereocenters. The number of para-hydroxylation sites is 2. The molecule has 0 spiro atoms. The second-order valence-corrected chi connectivity index (χ2v) is 5.34. The van der Waals surface area contributed by atoms with Gasteiger partial charge in [-0.05, 0) is 18.6 Å². The van der Waals surface area contributed by atoms with Crippen LogP contribution in [0.15, 0.2) is 67.3 Å². The van der Waals surface area contributed by atoms with E-state index in [0.717, 1.165) is 19.5 Å². The van der Waals surface area contributed by atoms with E-state index in [4.69, 9.17) is 0 Å². The maximum atomic E-state index is 4.09. The summed E-state index contributed by atoms with van der Waals surface area (Å²) in [6.07, 6.45) is 6.83. The fourth-order valence-electron chi connectivity index (χ4n) is 3.07. The van der Waals surface area contributed by atoms with Crippen LogP contribution < -0.4 is 0 Å². The molecule has 0 saturated heterocycles. The normalized spacial score (nSPS) is 11.4. The quantitative estimate of drug-likeness (QED) is 0.550. The van der Waals surface area contributed by atoms with E-state index in [1.165, 1.54) is 21.8 Å². The molecule has 0 N–H and O–H groups in total. The van der Waals surface area contributed by atoms with Crippen molar-refractivity contribution >= 4 is 21.8 Å². The minimum atomic E-state index is 1.00. The second kappa shape index (κ2) is 5.09. The standard InChI is InChI=1S/C18H17N3/c1-3-8-17-15(6-1)16-7-2-4-9-18(16)21(17)12-5-11-20-13-10-19-14-20/h1-4,6-10,13-14H,5,11-12H2. The summed E-state index contributed by atoms with van der Waals surface area (Å²) in [6.45, 7) is 2.02. The first-order valence-corrected chi connectivity index (χ1v) is 7.35. The molecule has 2 heterocycles. The first kappa shape index (κ1) is 12.2. The van der Waals surface area contributed by atoms with Crippen LogP contribution in [0.2, 0.25) is 0 Å². The third kappa shape index (κ3) is 2.11. The Labute approximate surface area is 123 Å². The molecule has 0 aliphatic rings. The third-order valence-electron chi connectivity index (χ3n) is 4.04. The lowest BCUT2D eigenvalue weighted by atomic mass is 10.2. The van der Waals surface area contributed by atoms with Gasteiger partial charge in [0, 0.05) is 47.3 Å². The van der Waals surface area contributed by atoms with Crippen molar-refractivity contribution in [1.82, 2.24) is 14.1 Å². The van der Waals surface area contributed by atoms with Crippen LogP contribution in [-0.2, 0) is 13.1 Å². The molecule has 21 heavy (non-hydrogen) atoms. The van der Waals surface area contributed by atoms with Gasteiger partial charge in [-0.1, -0.05) is 36.4 Å². The maximum Gasteiger partial charge on any atom is 0.0945 e. The Bertz CT molecular complexity index is 819. The molecular formula is C18H17N3. The van der Waals surface area contributed by atoms with Crippen molar-refractivity contribution in [2.75, 3.05) is 0 Å². The highest BCUT2D eigenvalue weighted by atomic mass is 15.0. The fraction of sp³-hybridized carbons (Fsp3) is 0.167. The van der Waals surface area contributed by atoms with Gasteiger partial charge in [-0.2, -0.15) is 0 Å². The number of hydrogen-bond acceptors (Lipinski definition) is 1. The Morgan fingerprint density at radius 3 is 2.10 bits per heavy atom. The van der Waals surface area contributed by atoms with Crippen LogP contribution in [0.3, 0.4) is 0 Å². The molecule has 0 radical (unpaired) electrons. The zero-order valence-electron chi connectivity index (χ0n) is 11.8. The number of fused-ring (bicyclic) bond motifs is 3. The first-order valence-electron chi connectivity index (χ1n) is 7.35. The molecule has 0 amide bonds. The fourth-order valence-corrected chi connectivity index (χ4v) is 3.07. The summed E-state index contributed by atoms with van der Waals surface area (Å²) in [4.78, 5) is 4.09. The Balaban J connectivity index is 1.72. The minimum absolute atomic E-state index is 1.00. The SMILES string of the molecule is c1ccc2c(c1)c1ccccc1n2CCCn1ccnc1. The van der Waals surface area contributed by atoms with Crippen molar-refractivity contribution in [2.45, 2.75) is 19.5 Å². The molecule has 2 aromatic heterocycles. The van der Waals surface area contributed by atoms with Crippen LogP contribution in [0.4, 0.5) is 0 Å². The number of aromatic nitrogens is 3. The van der Waals surface area contributed by atoms with Crippen LogP contribution in [0.5, 0.6) is 0 Å². The van der Waals surface area contributed by atoms with E-state index < -0.39 is 0 Å². The highest BCUT2D eigenvalue weighted by Gasteiger charge is 2.08. The van der Waals surface area contributed by atoms with Gasteiger partial charge in [-0.15, -0.1) is 0 Å². The van der Waals surface area contributed by atoms with E-state index in [1.807, 2.05) is 18.7 Å². The van der Waals surface area contributed by atoms with Gasteiger partial charge in [0.25, 0.3) is 0 Å². The lowest BCUT2D eigenvalue weighted by molar-refractivity contribution is 0.581. The van der Waals surface area contributed by atoms with Gasteiger partial charge in [0.05, 0.1) is 6.33 Å². The van der Waals surface area contributed by atoms with E-state index in [-0.39, 0.29) is 0 Å². The molecular weight excluding hydrogens is 258 g/mol. The van der Waals surface area contributed by atoms with E-state index in [9.17, 15) is 0 Å². The van der Waals surface area contributed by atoms with Gasteiger partial charge in [-0.25, -0.2) is 4.98 Å². The number of imidazole rings is 1. The molecule has 0 bridgehead atoms. The van der Waals surface area contributed by atoms with E-state index in [2.05, 4.69) is 62.6 Å². The van der Waals surface area contributed by atoms with Crippen molar-refractivity contribution in [3.63, 3.8) is 0 Å². The van der Waals surface area contributed by atoms with E-state index >= 15 is 0 Å². The monoisotopic (exact) mass is 275 g/mol. The average Bonchev–Trinajstić information content (AvgIpc) is 3.15. The molecule has 3 nitrogen and oxygen atoms in total. The van der Waals surface area contributed by atoms with Crippen LogP contribution >= 0.6 is 0 Å². The Kier molecular flexibility index (Phi) is 2.96. The van der Waals surface area contributed by atoms with Crippen molar-refractivity contribution in [2.24, 2.45) is 0 Å². The van der Waals surface area contributed by atoms with Crippen LogP contribution in [0.25, 0.3) is 21.8 Å². The maximum absolute atomic E-state index is 4.09. The van der Waals surface area contributed by atoms with Crippen LogP contribution in [0.1, 0.15) is 6.42 Å². The molecule has 0 aliphatic heterocycles. The highest BCUT2D eigenvalue weighted by Crippen LogP contribution is 2.28. The molecule has 3 heteroatoms. The summed E-state index contributed by atoms with van der Waals surface area (Å²) < 4.78 is 4.56. The number of rotatable bonds is 4. The number of nitrogens with zero attached hydrogens (tertiary/aromatic N) is 3. The van der Waals surface area contributed by atoms with Gasteiger partial charge in [0.15, 0.2) is 0 Å². The summed E-state index contributed by atoms with van der Waals surface area (Å²) in [7, 11) is 0. The smallest absolute Gasteiger partial charge is 0.0945 e. The molecule has 0 atom stereocenters. The Morgan fingerprint density at radius 2 is 1.48 bits per heavy atom. The molecule has 104 valence electrons. The lowest BCUT2D eigenvalue weighted by Crippen LogP contribution is -2.02. The summed E-state index contributed by atoms with van der Waals surface area (Å²) in [6, 6.07) is 17.3. The molecule has 0 aliphatic carbocycles. The Hall–Kier alpha value is -2.55. The number of benzene rings is 2. The van der Waals surface area contributed by atoms with Crippen molar-refractivity contribution in [1.29, 1.82) is 0 Å². The summed E-state index contributed by atoms with van der Waals surface area (Å²) in [5, 5.41) is 2.69. The van der Waals surface area contributed by atoms with E-state index in [0.29, 0.717) is 0 Å². The second-order valence-electron chi connectivity index (χ2n) is 5.34. The molecule has 0 saturated carbocycles. The van der Waals surface area contributed by atoms with Crippen LogP contribution in [0, 0.1) is 0 Å². The zero-order chi connectivity index (χ0) is 14.1. The number of aryl methyl sites for hydroxylation is 2. The third-order valence-corrected chi connectivity index (χ3v) is 4.04. The van der Waals surface area contributed by atoms with Gasteiger partial charge in [0.1, 0.15) is 0 Å². The predicted octanol–water partition coefficient (Wildman–Crippen LogP) is 4.08. The summed E-state index contributed by atoms with van der Waals surface area (Å²) >= 11 is 0. The summed E-state index contributed by atoms with van der Waals surface area (Å²) in [5.41, 5.74) is 2.65. The largest absolute Gasteiger partial charge is 0.340 e. The van der Waals surface area contributed by atoms with Gasteiger partial charge in [-0.3, -0.25) is 0 Å². The Morgan fingerprint density at radius 1 is 0.810 bits per heavy atom. The average molecular weight is 275 g/mol. The molecule has 4 rings (SSSR count). The van der Waals surface area contributed by atoms with Crippen LogP contribution in [-0.4, -0.2) is 14.1 Å². The van der Waals surface area contributed by atoms with Crippen molar-refractivity contribution < 1.29 is 0 Å². The molecule has 2 aromatic carbocycles. The molecule has 4 aromatic rings. The molecule has 0 fully saturated rings. The first-order chi connectivity index (χ1) is 10.4. The van der Waals surface area contributed by atoms with E-state index in [1.54, 1.807) is 0 Å². The van der Waals surface area contributed by atoms with Crippen molar-refractivity contribution in [3.05, 3.63) is 67.3 Å². The highest BCUT2D eigenvalue weighted by molar-refractivity contribution is 6.07. The van der Waals surface area contributed by atoms with Gasteiger partial charge in [0.2, 0.25) is 0 Å².